The number of hydrogen-bond acceptors (Lipinski definition) is 6. The quantitative estimate of drug-likeness (QED) is 0.313. The topological polar surface area (TPSA) is 57.9 Å². The number of nitrogens with zero attached hydrogens (tertiary/aromatic N) is 4. The van der Waals surface area contributed by atoms with Crippen LogP contribution in [-0.4, -0.2) is 38.1 Å². The molecule has 1 aliphatic heterocycles. The second-order valence-electron chi connectivity index (χ2n) is 7.46. The third kappa shape index (κ3) is 4.11. The first-order valence-electron chi connectivity index (χ1n) is 10.0. The number of hydrogen-bond donors (Lipinski definition) is 0. The molecule has 32 heavy (non-hydrogen) atoms. The Morgan fingerprint density at radius 2 is 1.94 bits per heavy atom. The van der Waals surface area contributed by atoms with Gasteiger partial charge in [0.15, 0.2) is 0 Å². The lowest BCUT2D eigenvalue weighted by molar-refractivity contribution is -0.121. The SMILES string of the molecule is C=CCN1C(=O)/C(=C\c2c(N(C)Cc3ccccc3)nc3c(C)cccn3c2=O)SC1=S. The number of carbonyl (C=O) groups excluding carboxylic acids is 1. The first kappa shape index (κ1) is 22.0. The average molecular weight is 463 g/mol. The van der Waals surface area contributed by atoms with Crippen molar-refractivity contribution in [3.8, 4) is 0 Å². The molecule has 0 bridgehead atoms. The summed E-state index contributed by atoms with van der Waals surface area (Å²) in [6, 6.07) is 13.7. The fourth-order valence-corrected chi connectivity index (χ4v) is 4.82. The van der Waals surface area contributed by atoms with E-state index in [1.807, 2.05) is 61.3 Å². The lowest BCUT2D eigenvalue weighted by atomic mass is 10.2. The van der Waals surface area contributed by atoms with E-state index in [9.17, 15) is 9.59 Å². The van der Waals surface area contributed by atoms with E-state index in [-0.39, 0.29) is 11.5 Å². The number of aromatic nitrogens is 2. The minimum Gasteiger partial charge on any atom is -0.355 e. The highest BCUT2D eigenvalue weighted by Gasteiger charge is 2.32. The number of carbonyl (C=O) groups is 1. The maximum atomic E-state index is 13.5. The molecule has 2 aromatic heterocycles. The minimum absolute atomic E-state index is 0.231. The lowest BCUT2D eigenvalue weighted by Gasteiger charge is -2.21. The molecule has 8 heteroatoms. The van der Waals surface area contributed by atoms with Crippen molar-refractivity contribution in [1.29, 1.82) is 0 Å². The van der Waals surface area contributed by atoms with Gasteiger partial charge in [-0.3, -0.25) is 18.9 Å². The first-order valence-corrected chi connectivity index (χ1v) is 11.3. The predicted octanol–water partition coefficient (Wildman–Crippen LogP) is 4.03. The van der Waals surface area contributed by atoms with Crippen molar-refractivity contribution >= 4 is 51.7 Å². The molecule has 0 radical (unpaired) electrons. The average Bonchev–Trinajstić information content (AvgIpc) is 3.04. The Bertz CT molecular complexity index is 1310. The molecule has 1 fully saturated rings. The summed E-state index contributed by atoms with van der Waals surface area (Å²) in [5, 5.41) is 0. The fraction of sp³-hybridized carbons (Fsp3) is 0.167. The van der Waals surface area contributed by atoms with E-state index >= 15 is 0 Å². The van der Waals surface area contributed by atoms with Gasteiger partial charge >= 0.3 is 0 Å². The number of fused-ring (bicyclic) bond motifs is 1. The monoisotopic (exact) mass is 462 g/mol. The highest BCUT2D eigenvalue weighted by atomic mass is 32.2. The summed E-state index contributed by atoms with van der Waals surface area (Å²) >= 11 is 6.53. The Labute approximate surface area is 195 Å². The van der Waals surface area contributed by atoms with Gasteiger partial charge in [-0.05, 0) is 30.2 Å². The van der Waals surface area contributed by atoms with Crippen molar-refractivity contribution in [3.05, 3.63) is 93.3 Å². The second kappa shape index (κ2) is 9.10. The van der Waals surface area contributed by atoms with Crippen LogP contribution in [0.1, 0.15) is 16.7 Å². The van der Waals surface area contributed by atoms with Crippen molar-refractivity contribution in [2.45, 2.75) is 13.5 Å². The minimum atomic E-state index is -0.234. The van der Waals surface area contributed by atoms with Gasteiger partial charge in [-0.1, -0.05) is 66.5 Å². The largest absolute Gasteiger partial charge is 0.355 e. The summed E-state index contributed by atoms with van der Waals surface area (Å²) in [5.41, 5.74) is 2.69. The third-order valence-corrected chi connectivity index (χ3v) is 6.53. The number of aryl methyl sites for hydroxylation is 1. The third-order valence-electron chi connectivity index (χ3n) is 5.15. The number of amides is 1. The highest BCUT2D eigenvalue weighted by molar-refractivity contribution is 8.26. The van der Waals surface area contributed by atoms with Crippen LogP contribution in [0.3, 0.4) is 0 Å². The van der Waals surface area contributed by atoms with E-state index < -0.39 is 0 Å². The Balaban J connectivity index is 1.87. The van der Waals surface area contributed by atoms with E-state index in [2.05, 4.69) is 6.58 Å². The molecule has 1 aliphatic rings. The zero-order valence-electron chi connectivity index (χ0n) is 17.8. The molecule has 1 saturated heterocycles. The van der Waals surface area contributed by atoms with Gasteiger partial charge in [-0.15, -0.1) is 6.58 Å². The van der Waals surface area contributed by atoms with Gasteiger partial charge in [0.2, 0.25) is 0 Å². The Hall–Kier alpha value is -3.23. The van der Waals surface area contributed by atoms with E-state index in [1.54, 1.807) is 18.3 Å². The van der Waals surface area contributed by atoms with Gasteiger partial charge in [0.1, 0.15) is 15.8 Å². The maximum Gasteiger partial charge on any atom is 0.267 e. The molecule has 1 aromatic carbocycles. The van der Waals surface area contributed by atoms with Gasteiger partial charge in [0.05, 0.1) is 10.5 Å². The number of pyridine rings is 1. The molecule has 6 nitrogen and oxygen atoms in total. The molecule has 0 aliphatic carbocycles. The molecule has 0 N–H and O–H groups in total. The Kier molecular flexibility index (Phi) is 6.25. The number of anilines is 1. The van der Waals surface area contributed by atoms with Crippen LogP contribution >= 0.6 is 24.0 Å². The van der Waals surface area contributed by atoms with Gasteiger partial charge in [-0.25, -0.2) is 4.98 Å². The van der Waals surface area contributed by atoms with Gasteiger partial charge in [0, 0.05) is 26.3 Å². The van der Waals surface area contributed by atoms with Gasteiger partial charge < -0.3 is 4.90 Å². The first-order chi connectivity index (χ1) is 15.4. The normalized spacial score (nSPS) is 15.1. The summed E-state index contributed by atoms with van der Waals surface area (Å²) in [4.78, 5) is 35.0. The van der Waals surface area contributed by atoms with E-state index in [1.165, 1.54) is 21.1 Å². The fourth-order valence-electron chi connectivity index (χ4n) is 3.57. The maximum absolute atomic E-state index is 13.5. The molecule has 0 spiro atoms. The molecule has 0 saturated carbocycles. The van der Waals surface area contributed by atoms with Crippen LogP contribution in [0.5, 0.6) is 0 Å². The van der Waals surface area contributed by atoms with E-state index in [0.717, 1.165) is 11.1 Å². The number of thiocarbonyl (C=S) groups is 1. The summed E-state index contributed by atoms with van der Waals surface area (Å²) in [7, 11) is 1.89. The molecular weight excluding hydrogens is 440 g/mol. The van der Waals surface area contributed by atoms with E-state index in [4.69, 9.17) is 17.2 Å². The van der Waals surface area contributed by atoms with Crippen LogP contribution in [0.4, 0.5) is 5.82 Å². The Morgan fingerprint density at radius 1 is 1.19 bits per heavy atom. The summed E-state index contributed by atoms with van der Waals surface area (Å²) in [5.74, 6) is 0.285. The molecular formula is C24H22N4O2S2. The lowest BCUT2D eigenvalue weighted by Crippen LogP contribution is -2.28. The van der Waals surface area contributed by atoms with E-state index in [0.29, 0.717) is 39.3 Å². The summed E-state index contributed by atoms with van der Waals surface area (Å²) in [6.07, 6.45) is 4.93. The van der Waals surface area contributed by atoms with Crippen LogP contribution in [0.2, 0.25) is 0 Å². The van der Waals surface area contributed by atoms with Crippen molar-refractivity contribution < 1.29 is 4.79 Å². The van der Waals surface area contributed by atoms with Crippen LogP contribution in [0.15, 0.2) is 71.0 Å². The highest BCUT2D eigenvalue weighted by Crippen LogP contribution is 2.33. The summed E-state index contributed by atoms with van der Waals surface area (Å²) < 4.78 is 1.97. The Morgan fingerprint density at radius 3 is 2.66 bits per heavy atom. The summed E-state index contributed by atoms with van der Waals surface area (Å²) in [6.45, 7) is 6.50. The zero-order chi connectivity index (χ0) is 22.8. The molecule has 3 aromatic rings. The van der Waals surface area contributed by atoms with Gasteiger partial charge in [0.25, 0.3) is 11.5 Å². The van der Waals surface area contributed by atoms with Crippen molar-refractivity contribution in [1.82, 2.24) is 14.3 Å². The molecule has 162 valence electrons. The van der Waals surface area contributed by atoms with Crippen LogP contribution < -0.4 is 10.5 Å². The molecule has 0 unspecified atom stereocenters. The number of benzene rings is 1. The van der Waals surface area contributed by atoms with Gasteiger partial charge in [-0.2, -0.15) is 0 Å². The smallest absolute Gasteiger partial charge is 0.267 e. The second-order valence-corrected chi connectivity index (χ2v) is 9.14. The standard InChI is InChI=1S/C24H22N4O2S2/c1-4-12-28-23(30)19(32-24(28)31)14-18-21(26(3)15-17-10-6-5-7-11-17)25-20-16(2)9-8-13-27(20)22(18)29/h4-11,13-14H,1,12,15H2,2-3H3/b19-14+. The number of thioether (sulfide) groups is 1. The number of rotatable bonds is 6. The van der Waals surface area contributed by atoms with Crippen molar-refractivity contribution in [2.75, 3.05) is 18.5 Å². The molecule has 1 amide bonds. The zero-order valence-corrected chi connectivity index (χ0v) is 19.4. The molecule has 0 atom stereocenters. The van der Waals surface area contributed by atoms with Crippen molar-refractivity contribution in [2.24, 2.45) is 0 Å². The van der Waals surface area contributed by atoms with Crippen LogP contribution in [0, 0.1) is 6.92 Å². The van der Waals surface area contributed by atoms with Crippen LogP contribution in [0.25, 0.3) is 11.7 Å². The van der Waals surface area contributed by atoms with Crippen molar-refractivity contribution in [3.63, 3.8) is 0 Å². The molecule has 3 heterocycles. The predicted molar refractivity (Wildman–Crippen MR) is 135 cm³/mol. The molecule has 4 rings (SSSR count). The van der Waals surface area contributed by atoms with Crippen LogP contribution in [-0.2, 0) is 11.3 Å².